The van der Waals surface area contributed by atoms with Crippen LogP contribution in [0.5, 0.6) is 0 Å². The summed E-state index contributed by atoms with van der Waals surface area (Å²) in [7, 11) is 0. The quantitative estimate of drug-likeness (QED) is 0.657. The normalized spacial score (nSPS) is 17.2. The van der Waals surface area contributed by atoms with Crippen LogP contribution in [0.2, 0.25) is 0 Å². The van der Waals surface area contributed by atoms with Gasteiger partial charge in [0.25, 0.3) is 0 Å². The second kappa shape index (κ2) is 6.84. The van der Waals surface area contributed by atoms with Gasteiger partial charge in [-0.05, 0) is 18.9 Å². The molecule has 3 N–H and O–H groups in total. The fourth-order valence-corrected chi connectivity index (χ4v) is 3.38. The first-order valence-electron chi connectivity index (χ1n) is 8.49. The number of carbonyl (C=O) groups excluding carboxylic acids is 1. The highest BCUT2D eigenvalue weighted by atomic mass is 16.2. The van der Waals surface area contributed by atoms with Gasteiger partial charge in [0.2, 0.25) is 5.91 Å². The predicted molar refractivity (Wildman–Crippen MR) is 94.9 cm³/mol. The predicted octanol–water partition coefficient (Wildman–Crippen LogP) is 1.66. The van der Waals surface area contributed by atoms with Crippen LogP contribution >= 0.6 is 0 Å². The first kappa shape index (κ1) is 16.1. The summed E-state index contributed by atoms with van der Waals surface area (Å²) in [6.07, 6.45) is 6.82. The summed E-state index contributed by atoms with van der Waals surface area (Å²) in [5, 5.41) is 20.1. The number of nitrogens with zero attached hydrogens (tertiary/aromatic N) is 5. The molecule has 1 saturated heterocycles. The zero-order chi connectivity index (χ0) is 17.9. The van der Waals surface area contributed by atoms with E-state index >= 15 is 0 Å². The first-order chi connectivity index (χ1) is 12.8. The number of nitriles is 1. The molecule has 1 fully saturated rings. The van der Waals surface area contributed by atoms with E-state index in [-0.39, 0.29) is 18.4 Å². The Bertz CT molecular complexity index is 955. The number of likely N-dealkylation sites (tertiary alicyclic amines) is 1. The van der Waals surface area contributed by atoms with E-state index in [9.17, 15) is 4.79 Å². The Labute approximate surface area is 149 Å². The number of piperidine rings is 1. The summed E-state index contributed by atoms with van der Waals surface area (Å²) in [5.41, 5.74) is 2.52. The van der Waals surface area contributed by atoms with Crippen molar-refractivity contribution < 1.29 is 4.79 Å². The van der Waals surface area contributed by atoms with Gasteiger partial charge in [-0.3, -0.25) is 9.89 Å². The number of H-pyrrole nitrogens is 2. The molecule has 0 radical (unpaired) electrons. The number of amides is 1. The minimum atomic E-state index is -0.115. The van der Waals surface area contributed by atoms with Crippen molar-refractivity contribution in [1.82, 2.24) is 30.0 Å². The Kier molecular flexibility index (Phi) is 4.23. The maximum absolute atomic E-state index is 12.1. The third-order valence-electron chi connectivity index (χ3n) is 4.61. The highest BCUT2D eigenvalue weighted by Crippen LogP contribution is 2.32. The van der Waals surface area contributed by atoms with Crippen LogP contribution < -0.4 is 5.32 Å². The van der Waals surface area contributed by atoms with Gasteiger partial charge in [0.05, 0.1) is 17.3 Å². The molecule has 1 atom stereocenters. The molecule has 0 bridgehead atoms. The molecule has 3 aromatic heterocycles. The van der Waals surface area contributed by atoms with Crippen LogP contribution in [0.1, 0.15) is 19.3 Å². The molecule has 9 heteroatoms. The van der Waals surface area contributed by atoms with Gasteiger partial charge < -0.3 is 15.2 Å². The van der Waals surface area contributed by atoms with Crippen LogP contribution in [0.15, 0.2) is 24.8 Å². The number of hydrogen-bond acceptors (Lipinski definition) is 6. The maximum Gasteiger partial charge on any atom is 0.236 e. The lowest BCUT2D eigenvalue weighted by Crippen LogP contribution is -2.45. The van der Waals surface area contributed by atoms with Crippen molar-refractivity contribution in [2.45, 2.75) is 25.3 Å². The molecular weight excluding hydrogens is 332 g/mol. The molecule has 0 saturated carbocycles. The smallest absolute Gasteiger partial charge is 0.236 e. The third kappa shape index (κ3) is 2.97. The number of anilines is 1. The molecule has 9 nitrogen and oxygen atoms in total. The Morgan fingerprint density at radius 1 is 1.46 bits per heavy atom. The van der Waals surface area contributed by atoms with Crippen LogP contribution in [0.25, 0.3) is 22.4 Å². The van der Waals surface area contributed by atoms with Crippen LogP contribution in [0, 0.1) is 11.3 Å². The van der Waals surface area contributed by atoms with Gasteiger partial charge in [0.15, 0.2) is 5.82 Å². The highest BCUT2D eigenvalue weighted by molar-refractivity contribution is 5.97. The molecule has 0 aliphatic carbocycles. The van der Waals surface area contributed by atoms with Crippen molar-refractivity contribution in [2.24, 2.45) is 0 Å². The average Bonchev–Trinajstić information content (AvgIpc) is 3.34. The summed E-state index contributed by atoms with van der Waals surface area (Å²) in [6.45, 7) is 1.27. The molecule has 1 aliphatic rings. The molecular formula is C17H18N8O. The topological polar surface area (TPSA) is 126 Å². The van der Waals surface area contributed by atoms with Gasteiger partial charge in [-0.15, -0.1) is 0 Å². The number of pyridine rings is 1. The van der Waals surface area contributed by atoms with Crippen LogP contribution in [0.3, 0.4) is 0 Å². The van der Waals surface area contributed by atoms with E-state index < -0.39 is 0 Å². The number of aromatic nitrogens is 5. The number of rotatable bonds is 4. The summed E-state index contributed by atoms with van der Waals surface area (Å²) in [4.78, 5) is 25.6. The van der Waals surface area contributed by atoms with Crippen LogP contribution in [-0.4, -0.2) is 55.1 Å². The molecule has 4 rings (SSSR count). The lowest BCUT2D eigenvalue weighted by molar-refractivity contribution is -0.131. The highest BCUT2D eigenvalue weighted by Gasteiger charge is 2.25. The van der Waals surface area contributed by atoms with Crippen molar-refractivity contribution >= 4 is 22.6 Å². The summed E-state index contributed by atoms with van der Waals surface area (Å²) in [5.74, 6) is 0.521. The molecule has 0 unspecified atom stereocenters. The average molecular weight is 350 g/mol. The van der Waals surface area contributed by atoms with Gasteiger partial charge in [0, 0.05) is 36.9 Å². The lowest BCUT2D eigenvalue weighted by Gasteiger charge is -2.33. The van der Waals surface area contributed by atoms with E-state index in [0.29, 0.717) is 18.9 Å². The Morgan fingerprint density at radius 2 is 2.38 bits per heavy atom. The van der Waals surface area contributed by atoms with Crippen LogP contribution in [-0.2, 0) is 4.79 Å². The van der Waals surface area contributed by atoms with Crippen molar-refractivity contribution in [3.8, 4) is 17.5 Å². The molecule has 1 aliphatic heterocycles. The fraction of sp³-hybridized carbons (Fsp3) is 0.353. The molecule has 1 amide bonds. The zero-order valence-corrected chi connectivity index (χ0v) is 14.1. The molecule has 0 aromatic carbocycles. The number of aromatic amines is 2. The van der Waals surface area contributed by atoms with Crippen molar-refractivity contribution in [3.63, 3.8) is 0 Å². The molecule has 26 heavy (non-hydrogen) atoms. The Morgan fingerprint density at radius 3 is 3.19 bits per heavy atom. The Balaban J connectivity index is 1.64. The maximum atomic E-state index is 12.1. The van der Waals surface area contributed by atoms with Gasteiger partial charge in [0.1, 0.15) is 18.4 Å². The SMILES string of the molecule is N#CCC(=O)N1CCC[C@@H](Nc2c(-c3ncn[nH]3)cnc3[nH]ccc23)C1. The van der Waals surface area contributed by atoms with Crippen LogP contribution in [0.4, 0.5) is 5.69 Å². The third-order valence-corrected chi connectivity index (χ3v) is 4.61. The first-order valence-corrected chi connectivity index (χ1v) is 8.49. The fourth-order valence-electron chi connectivity index (χ4n) is 3.38. The van der Waals surface area contributed by atoms with Gasteiger partial charge in [-0.25, -0.2) is 9.97 Å². The standard InChI is InChI=1S/C17H18N8O/c18-5-3-14(26)25-7-1-2-11(9-25)23-15-12-4-6-19-16(12)20-8-13(15)17-21-10-22-24-17/h4,6,8,10-11H,1-3,7,9H2,(H2,19,20,23)(H,21,22,24)/t11-/m1/s1. The van der Waals surface area contributed by atoms with Crippen molar-refractivity contribution in [3.05, 3.63) is 24.8 Å². The molecule has 132 valence electrons. The molecule has 4 heterocycles. The van der Waals surface area contributed by atoms with Crippen molar-refractivity contribution in [2.75, 3.05) is 18.4 Å². The van der Waals surface area contributed by atoms with E-state index in [1.807, 2.05) is 18.3 Å². The summed E-state index contributed by atoms with van der Waals surface area (Å²) < 4.78 is 0. The minimum absolute atomic E-state index is 0.0760. The van der Waals surface area contributed by atoms with E-state index in [1.54, 1.807) is 11.1 Å². The minimum Gasteiger partial charge on any atom is -0.379 e. The number of fused-ring (bicyclic) bond motifs is 1. The van der Waals surface area contributed by atoms with E-state index in [1.165, 1.54) is 6.33 Å². The van der Waals surface area contributed by atoms with Gasteiger partial charge in [-0.1, -0.05) is 0 Å². The van der Waals surface area contributed by atoms with E-state index in [2.05, 4.69) is 30.5 Å². The van der Waals surface area contributed by atoms with Gasteiger partial charge >= 0.3 is 0 Å². The largest absolute Gasteiger partial charge is 0.379 e. The van der Waals surface area contributed by atoms with Gasteiger partial charge in [-0.2, -0.15) is 10.4 Å². The number of hydrogen-bond donors (Lipinski definition) is 3. The van der Waals surface area contributed by atoms with Crippen molar-refractivity contribution in [1.29, 1.82) is 5.26 Å². The number of carbonyl (C=O) groups is 1. The Hall–Kier alpha value is -3.41. The second-order valence-corrected chi connectivity index (χ2v) is 6.28. The zero-order valence-electron chi connectivity index (χ0n) is 14.1. The number of nitrogens with one attached hydrogen (secondary N) is 3. The van der Waals surface area contributed by atoms with E-state index in [0.717, 1.165) is 35.1 Å². The summed E-state index contributed by atoms with van der Waals surface area (Å²) >= 11 is 0. The molecule has 0 spiro atoms. The van der Waals surface area contributed by atoms with E-state index in [4.69, 9.17) is 5.26 Å². The summed E-state index contributed by atoms with van der Waals surface area (Å²) in [6, 6.07) is 3.99. The lowest BCUT2D eigenvalue weighted by atomic mass is 10.0. The second-order valence-electron chi connectivity index (χ2n) is 6.28. The monoisotopic (exact) mass is 350 g/mol. The molecule has 3 aromatic rings.